The number of thioether (sulfide) groups is 1. The fourth-order valence-corrected chi connectivity index (χ4v) is 3.58. The Morgan fingerprint density at radius 1 is 1.16 bits per heavy atom. The number of benzene rings is 2. The lowest BCUT2D eigenvalue weighted by molar-refractivity contribution is 0.164. The number of hydrogen-bond donors (Lipinski definition) is 0. The van der Waals surface area contributed by atoms with Crippen LogP contribution in [-0.4, -0.2) is 28.5 Å². The van der Waals surface area contributed by atoms with E-state index in [1.165, 1.54) is 0 Å². The second-order valence-electron chi connectivity index (χ2n) is 5.89. The Morgan fingerprint density at radius 3 is 2.76 bits per heavy atom. The van der Waals surface area contributed by atoms with Gasteiger partial charge in [-0.05, 0) is 50.1 Å². The highest BCUT2D eigenvalue weighted by Crippen LogP contribution is 2.23. The highest BCUT2D eigenvalue weighted by atomic mass is 32.2. The van der Waals surface area contributed by atoms with Crippen LogP contribution in [0.15, 0.2) is 52.4 Å². The minimum atomic E-state index is -0.0294. The van der Waals surface area contributed by atoms with Gasteiger partial charge in [-0.2, -0.15) is 0 Å². The predicted molar refractivity (Wildman–Crippen MR) is 104 cm³/mol. The maximum Gasteiger partial charge on any atom is 0.266 e. The highest BCUT2D eigenvalue weighted by molar-refractivity contribution is 7.99. The second-order valence-corrected chi connectivity index (χ2v) is 6.95. The minimum absolute atomic E-state index is 0.0294. The van der Waals surface area contributed by atoms with E-state index in [0.29, 0.717) is 23.8 Å². The average molecular weight is 354 g/mol. The van der Waals surface area contributed by atoms with Gasteiger partial charge in [-0.1, -0.05) is 36.0 Å². The van der Waals surface area contributed by atoms with E-state index < -0.39 is 0 Å². The summed E-state index contributed by atoms with van der Waals surface area (Å²) >= 11 is 1.55. The number of para-hydroxylation sites is 1. The molecule has 4 nitrogen and oxygen atoms in total. The van der Waals surface area contributed by atoms with Crippen molar-refractivity contribution in [2.75, 3.05) is 19.0 Å². The Hall–Kier alpha value is -2.11. The van der Waals surface area contributed by atoms with E-state index in [4.69, 9.17) is 9.72 Å². The Bertz CT molecular complexity index is 950. The Kier molecular flexibility index (Phi) is 5.56. The molecule has 1 heterocycles. The Morgan fingerprint density at radius 2 is 1.96 bits per heavy atom. The van der Waals surface area contributed by atoms with Crippen molar-refractivity contribution in [2.45, 2.75) is 25.9 Å². The molecule has 0 N–H and O–H groups in total. The molecule has 0 aliphatic rings. The molecule has 1 aromatic heterocycles. The molecule has 0 bridgehead atoms. The molecule has 3 aromatic rings. The van der Waals surface area contributed by atoms with E-state index in [1.54, 1.807) is 16.3 Å². The van der Waals surface area contributed by atoms with Gasteiger partial charge >= 0.3 is 0 Å². The first kappa shape index (κ1) is 17.7. The van der Waals surface area contributed by atoms with Crippen LogP contribution in [-0.2, 0) is 4.74 Å². The van der Waals surface area contributed by atoms with Crippen LogP contribution in [0.5, 0.6) is 0 Å². The Labute approximate surface area is 151 Å². The van der Waals surface area contributed by atoms with Gasteiger partial charge in [0.15, 0.2) is 5.16 Å². The molecule has 2 aromatic carbocycles. The smallest absolute Gasteiger partial charge is 0.266 e. The topological polar surface area (TPSA) is 44.1 Å². The van der Waals surface area contributed by atoms with E-state index in [-0.39, 0.29) is 5.56 Å². The molecule has 0 fully saturated rings. The molecular formula is C20H22N2O2S. The molecule has 25 heavy (non-hydrogen) atoms. The molecule has 0 aliphatic heterocycles. The molecule has 130 valence electrons. The van der Waals surface area contributed by atoms with Crippen LogP contribution in [0, 0.1) is 13.8 Å². The van der Waals surface area contributed by atoms with Crippen LogP contribution in [0.4, 0.5) is 0 Å². The summed E-state index contributed by atoms with van der Waals surface area (Å²) in [6.07, 6.45) is 0. The van der Waals surface area contributed by atoms with Gasteiger partial charge in [-0.25, -0.2) is 4.98 Å². The predicted octanol–water partition coefficient (Wildman–Crippen LogP) is 4.13. The molecular weight excluding hydrogens is 332 g/mol. The van der Waals surface area contributed by atoms with Crippen LogP contribution in [0.25, 0.3) is 16.6 Å². The van der Waals surface area contributed by atoms with Crippen LogP contribution < -0.4 is 5.56 Å². The number of nitrogens with zero attached hydrogens (tertiary/aromatic N) is 2. The zero-order valence-electron chi connectivity index (χ0n) is 14.8. The fourth-order valence-electron chi connectivity index (χ4n) is 2.72. The molecule has 0 amide bonds. The van der Waals surface area contributed by atoms with E-state index in [2.05, 4.69) is 6.07 Å². The summed E-state index contributed by atoms with van der Waals surface area (Å²) in [4.78, 5) is 17.9. The van der Waals surface area contributed by atoms with Gasteiger partial charge in [-0.3, -0.25) is 9.36 Å². The average Bonchev–Trinajstić information content (AvgIpc) is 2.61. The maximum absolute atomic E-state index is 13.2. The van der Waals surface area contributed by atoms with E-state index in [1.807, 2.05) is 57.2 Å². The molecule has 0 atom stereocenters. The number of hydrogen-bond acceptors (Lipinski definition) is 4. The monoisotopic (exact) mass is 354 g/mol. The summed E-state index contributed by atoms with van der Waals surface area (Å²) < 4.78 is 7.16. The molecule has 0 saturated heterocycles. The largest absolute Gasteiger partial charge is 0.381 e. The van der Waals surface area contributed by atoms with Gasteiger partial charge in [0.1, 0.15) is 0 Å². The molecule has 5 heteroatoms. The first-order chi connectivity index (χ1) is 12.1. The third kappa shape index (κ3) is 3.78. The fraction of sp³-hybridized carbons (Fsp3) is 0.300. The van der Waals surface area contributed by atoms with Crippen molar-refractivity contribution in [2.24, 2.45) is 0 Å². The summed E-state index contributed by atoms with van der Waals surface area (Å²) in [5.41, 5.74) is 3.76. The number of fused-ring (bicyclic) bond motifs is 1. The van der Waals surface area contributed by atoms with E-state index in [9.17, 15) is 4.79 Å². The van der Waals surface area contributed by atoms with Gasteiger partial charge in [0.2, 0.25) is 0 Å². The third-order valence-corrected chi connectivity index (χ3v) is 4.92. The number of ether oxygens (including phenoxy) is 1. The highest BCUT2D eigenvalue weighted by Gasteiger charge is 2.14. The minimum Gasteiger partial charge on any atom is -0.381 e. The van der Waals surface area contributed by atoms with Crippen LogP contribution >= 0.6 is 11.8 Å². The summed E-state index contributed by atoms with van der Waals surface area (Å²) in [7, 11) is 0. The summed E-state index contributed by atoms with van der Waals surface area (Å²) in [5, 5.41) is 1.34. The second kappa shape index (κ2) is 7.85. The van der Waals surface area contributed by atoms with Crippen LogP contribution in [0.1, 0.15) is 18.1 Å². The van der Waals surface area contributed by atoms with Crippen LogP contribution in [0.2, 0.25) is 0 Å². The first-order valence-corrected chi connectivity index (χ1v) is 9.40. The van der Waals surface area contributed by atoms with Crippen molar-refractivity contribution in [3.8, 4) is 5.69 Å². The van der Waals surface area contributed by atoms with Crippen molar-refractivity contribution in [1.82, 2.24) is 9.55 Å². The van der Waals surface area contributed by atoms with Crippen molar-refractivity contribution < 1.29 is 4.74 Å². The van der Waals surface area contributed by atoms with Crippen molar-refractivity contribution >= 4 is 22.7 Å². The van der Waals surface area contributed by atoms with E-state index in [0.717, 1.165) is 28.1 Å². The molecule has 3 rings (SSSR count). The SMILES string of the molecule is CCOCCSc1nc2ccccc2c(=O)n1-c1cc(C)ccc1C. The number of rotatable bonds is 6. The molecule has 0 radical (unpaired) electrons. The van der Waals surface area contributed by atoms with Crippen molar-refractivity contribution in [3.63, 3.8) is 0 Å². The molecule has 0 aliphatic carbocycles. The van der Waals surface area contributed by atoms with Crippen molar-refractivity contribution in [1.29, 1.82) is 0 Å². The standard InChI is InChI=1S/C20H22N2O2S/c1-4-24-11-12-25-20-21-17-8-6-5-7-16(17)19(23)22(20)18-13-14(2)9-10-15(18)3/h5-10,13H,4,11-12H2,1-3H3. The van der Waals surface area contributed by atoms with Crippen molar-refractivity contribution in [3.05, 3.63) is 63.9 Å². The summed E-state index contributed by atoms with van der Waals surface area (Å²) in [5.74, 6) is 0.753. The summed E-state index contributed by atoms with van der Waals surface area (Å²) in [6, 6.07) is 13.6. The van der Waals surface area contributed by atoms with Gasteiger partial charge < -0.3 is 4.74 Å². The number of aromatic nitrogens is 2. The third-order valence-electron chi connectivity index (χ3n) is 4.01. The lowest BCUT2D eigenvalue weighted by atomic mass is 10.1. The van der Waals surface area contributed by atoms with Gasteiger partial charge in [0.25, 0.3) is 5.56 Å². The van der Waals surface area contributed by atoms with Gasteiger partial charge in [0.05, 0.1) is 23.2 Å². The lowest BCUT2D eigenvalue weighted by Crippen LogP contribution is -2.23. The number of aryl methyl sites for hydroxylation is 2. The zero-order valence-corrected chi connectivity index (χ0v) is 15.6. The normalized spacial score (nSPS) is 11.2. The lowest BCUT2D eigenvalue weighted by Gasteiger charge is -2.15. The molecule has 0 spiro atoms. The van der Waals surface area contributed by atoms with Gasteiger partial charge in [-0.15, -0.1) is 0 Å². The Balaban J connectivity index is 2.18. The molecule has 0 saturated carbocycles. The van der Waals surface area contributed by atoms with Crippen LogP contribution in [0.3, 0.4) is 0 Å². The zero-order chi connectivity index (χ0) is 17.8. The maximum atomic E-state index is 13.2. The quantitative estimate of drug-likeness (QED) is 0.379. The first-order valence-electron chi connectivity index (χ1n) is 8.41. The van der Waals surface area contributed by atoms with E-state index >= 15 is 0 Å². The summed E-state index contributed by atoms with van der Waals surface area (Å²) in [6.45, 7) is 7.35. The molecule has 0 unspecified atom stereocenters. The van der Waals surface area contributed by atoms with Gasteiger partial charge in [0, 0.05) is 12.4 Å².